The number of amides is 2. The van der Waals surface area contributed by atoms with Crippen molar-refractivity contribution in [2.45, 2.75) is 51.1 Å². The van der Waals surface area contributed by atoms with Gasteiger partial charge in [-0.25, -0.2) is 0 Å². The zero-order valence-corrected chi connectivity index (χ0v) is 23.4. The molecule has 0 radical (unpaired) electrons. The van der Waals surface area contributed by atoms with Crippen LogP contribution in [-0.2, 0) is 16.0 Å². The standard InChI is InChI=1S/C32H41N3O4/c1-23(26-16-15-24-10-5-6-12-27(24)22-26)30(35(4)29(37)14-9-18-32(2,3)33)31(38)34-19-17-25-11-7-8-13-28(25)39-21-20-36/h5-16,22-23,30,36H,17-21,33H2,1-4H3,(H,34,38)/b14-9+. The maximum atomic E-state index is 13.6. The minimum Gasteiger partial charge on any atom is -0.491 e. The van der Waals surface area contributed by atoms with Gasteiger partial charge < -0.3 is 25.8 Å². The Morgan fingerprint density at radius 1 is 1.08 bits per heavy atom. The maximum absolute atomic E-state index is 13.6. The molecular weight excluding hydrogens is 490 g/mol. The molecule has 0 saturated carbocycles. The summed E-state index contributed by atoms with van der Waals surface area (Å²) in [5.74, 6) is -0.0622. The number of aliphatic hydroxyl groups is 1. The molecule has 0 bridgehead atoms. The molecular formula is C32H41N3O4. The van der Waals surface area contributed by atoms with Crippen LogP contribution in [0.5, 0.6) is 5.75 Å². The Kier molecular flexibility index (Phi) is 10.7. The molecule has 2 atom stereocenters. The molecule has 0 saturated heterocycles. The third kappa shape index (κ3) is 8.67. The SMILES string of the molecule is CC(c1ccc2ccccc2c1)C(C(=O)NCCc1ccccc1OCCO)N(C)C(=O)/C=C/CC(C)(C)N. The predicted octanol–water partition coefficient (Wildman–Crippen LogP) is 4.18. The maximum Gasteiger partial charge on any atom is 0.246 e. The molecule has 0 heterocycles. The number of fused-ring (bicyclic) bond motifs is 1. The second-order valence-electron chi connectivity index (χ2n) is 10.6. The van der Waals surface area contributed by atoms with Crippen LogP contribution in [0.2, 0.25) is 0 Å². The zero-order valence-electron chi connectivity index (χ0n) is 23.4. The van der Waals surface area contributed by atoms with Gasteiger partial charge in [0.2, 0.25) is 11.8 Å². The van der Waals surface area contributed by atoms with E-state index in [2.05, 4.69) is 17.4 Å². The minimum atomic E-state index is -0.727. The fourth-order valence-electron chi connectivity index (χ4n) is 4.56. The summed E-state index contributed by atoms with van der Waals surface area (Å²) in [6.07, 6.45) is 4.35. The number of para-hydroxylation sites is 1. The van der Waals surface area contributed by atoms with E-state index >= 15 is 0 Å². The van der Waals surface area contributed by atoms with E-state index < -0.39 is 11.6 Å². The summed E-state index contributed by atoms with van der Waals surface area (Å²) in [6, 6.07) is 21.1. The molecule has 208 valence electrons. The van der Waals surface area contributed by atoms with Gasteiger partial charge in [-0.05, 0) is 60.7 Å². The Bertz CT molecular complexity index is 1280. The smallest absolute Gasteiger partial charge is 0.246 e. The lowest BCUT2D eigenvalue weighted by molar-refractivity contribution is -0.136. The number of nitrogens with one attached hydrogen (secondary N) is 1. The molecule has 0 fully saturated rings. The summed E-state index contributed by atoms with van der Waals surface area (Å²) in [5.41, 5.74) is 7.53. The normalized spacial score (nSPS) is 13.3. The van der Waals surface area contributed by atoms with Crippen LogP contribution in [0.4, 0.5) is 0 Å². The lowest BCUT2D eigenvalue weighted by Gasteiger charge is -2.32. The van der Waals surface area contributed by atoms with Gasteiger partial charge in [0, 0.05) is 25.0 Å². The number of rotatable bonds is 13. The molecule has 0 aliphatic carbocycles. The molecule has 7 nitrogen and oxygen atoms in total. The number of hydrogen-bond donors (Lipinski definition) is 3. The number of nitrogens with two attached hydrogens (primary N) is 1. The third-order valence-electron chi connectivity index (χ3n) is 6.73. The van der Waals surface area contributed by atoms with Crippen molar-refractivity contribution in [2.24, 2.45) is 5.73 Å². The number of hydrogen-bond acceptors (Lipinski definition) is 5. The van der Waals surface area contributed by atoms with Crippen LogP contribution in [0.25, 0.3) is 10.8 Å². The second-order valence-corrected chi connectivity index (χ2v) is 10.6. The lowest BCUT2D eigenvalue weighted by atomic mass is 9.90. The van der Waals surface area contributed by atoms with Gasteiger partial charge >= 0.3 is 0 Å². The van der Waals surface area contributed by atoms with Crippen LogP contribution < -0.4 is 15.8 Å². The van der Waals surface area contributed by atoms with Crippen molar-refractivity contribution >= 4 is 22.6 Å². The highest BCUT2D eigenvalue weighted by molar-refractivity contribution is 5.93. The highest BCUT2D eigenvalue weighted by atomic mass is 16.5. The quantitative estimate of drug-likeness (QED) is 0.287. The van der Waals surface area contributed by atoms with Crippen molar-refractivity contribution in [1.82, 2.24) is 10.2 Å². The molecule has 0 aromatic heterocycles. The minimum absolute atomic E-state index is 0.0724. The van der Waals surface area contributed by atoms with Crippen LogP contribution in [0.15, 0.2) is 78.9 Å². The fraction of sp³-hybridized carbons (Fsp3) is 0.375. The second kappa shape index (κ2) is 13.9. The monoisotopic (exact) mass is 531 g/mol. The molecule has 3 rings (SSSR count). The van der Waals surface area contributed by atoms with Gasteiger partial charge in [-0.1, -0.05) is 73.7 Å². The number of aliphatic hydroxyl groups excluding tert-OH is 1. The van der Waals surface area contributed by atoms with Crippen molar-refractivity contribution in [1.29, 1.82) is 0 Å². The number of benzene rings is 3. The lowest BCUT2D eigenvalue weighted by Crippen LogP contribution is -2.50. The van der Waals surface area contributed by atoms with E-state index in [1.807, 2.05) is 75.4 Å². The summed E-state index contributed by atoms with van der Waals surface area (Å²) in [5, 5.41) is 14.3. The van der Waals surface area contributed by atoms with E-state index in [0.29, 0.717) is 25.1 Å². The Morgan fingerprint density at radius 3 is 2.49 bits per heavy atom. The Labute approximate surface area is 231 Å². The van der Waals surface area contributed by atoms with Crippen molar-refractivity contribution in [3.05, 3.63) is 90.0 Å². The van der Waals surface area contributed by atoms with Gasteiger partial charge in [0.15, 0.2) is 0 Å². The predicted molar refractivity (Wildman–Crippen MR) is 157 cm³/mol. The summed E-state index contributed by atoms with van der Waals surface area (Å²) in [6.45, 7) is 6.28. The molecule has 39 heavy (non-hydrogen) atoms. The Morgan fingerprint density at radius 2 is 1.77 bits per heavy atom. The average Bonchev–Trinajstić information content (AvgIpc) is 2.91. The molecule has 4 N–H and O–H groups in total. The zero-order chi connectivity index (χ0) is 28.4. The van der Waals surface area contributed by atoms with Crippen LogP contribution in [0, 0.1) is 0 Å². The van der Waals surface area contributed by atoms with Gasteiger partial charge in [0.1, 0.15) is 18.4 Å². The Balaban J connectivity index is 1.80. The van der Waals surface area contributed by atoms with E-state index in [1.165, 1.54) is 11.0 Å². The van der Waals surface area contributed by atoms with E-state index in [4.69, 9.17) is 15.6 Å². The summed E-state index contributed by atoms with van der Waals surface area (Å²) < 4.78 is 5.62. The van der Waals surface area contributed by atoms with E-state index in [-0.39, 0.29) is 30.9 Å². The van der Waals surface area contributed by atoms with E-state index in [9.17, 15) is 9.59 Å². The number of nitrogens with zero attached hydrogens (tertiary/aromatic N) is 1. The van der Waals surface area contributed by atoms with Gasteiger partial charge in [-0.15, -0.1) is 0 Å². The molecule has 0 spiro atoms. The molecule has 0 aliphatic heterocycles. The number of carbonyl (C=O) groups excluding carboxylic acids is 2. The highest BCUT2D eigenvalue weighted by Gasteiger charge is 2.32. The van der Waals surface area contributed by atoms with E-state index in [0.717, 1.165) is 21.9 Å². The molecule has 2 unspecified atom stereocenters. The summed E-state index contributed by atoms with van der Waals surface area (Å²) >= 11 is 0. The number of ether oxygens (including phenoxy) is 1. The fourth-order valence-corrected chi connectivity index (χ4v) is 4.56. The first-order valence-corrected chi connectivity index (χ1v) is 13.4. The number of likely N-dealkylation sites (N-methyl/N-ethyl adjacent to an activating group) is 1. The average molecular weight is 532 g/mol. The molecule has 3 aromatic carbocycles. The highest BCUT2D eigenvalue weighted by Crippen LogP contribution is 2.27. The van der Waals surface area contributed by atoms with Crippen molar-refractivity contribution < 1.29 is 19.4 Å². The first-order valence-electron chi connectivity index (χ1n) is 13.4. The van der Waals surface area contributed by atoms with Gasteiger partial charge in [0.05, 0.1) is 6.61 Å². The summed E-state index contributed by atoms with van der Waals surface area (Å²) in [4.78, 5) is 28.3. The third-order valence-corrected chi connectivity index (χ3v) is 6.73. The molecule has 3 aromatic rings. The molecule has 2 amide bonds. The topological polar surface area (TPSA) is 105 Å². The van der Waals surface area contributed by atoms with Gasteiger partial charge in [0.25, 0.3) is 0 Å². The summed E-state index contributed by atoms with van der Waals surface area (Å²) in [7, 11) is 1.67. The van der Waals surface area contributed by atoms with Crippen LogP contribution >= 0.6 is 0 Å². The van der Waals surface area contributed by atoms with Crippen LogP contribution in [0.1, 0.15) is 44.2 Å². The first kappa shape index (κ1) is 29.9. The van der Waals surface area contributed by atoms with E-state index in [1.54, 1.807) is 13.1 Å². The number of carbonyl (C=O) groups is 2. The van der Waals surface area contributed by atoms with Crippen molar-refractivity contribution in [3.8, 4) is 5.75 Å². The first-order chi connectivity index (χ1) is 18.6. The Hall–Kier alpha value is -3.68. The molecule has 7 heteroatoms. The van der Waals surface area contributed by atoms with Gasteiger partial charge in [-0.3, -0.25) is 9.59 Å². The largest absolute Gasteiger partial charge is 0.491 e. The van der Waals surface area contributed by atoms with Gasteiger partial charge in [-0.2, -0.15) is 0 Å². The van der Waals surface area contributed by atoms with Crippen molar-refractivity contribution in [2.75, 3.05) is 26.8 Å². The van der Waals surface area contributed by atoms with Crippen molar-refractivity contribution in [3.63, 3.8) is 0 Å². The molecule has 0 aliphatic rings. The van der Waals surface area contributed by atoms with Crippen LogP contribution in [0.3, 0.4) is 0 Å². The van der Waals surface area contributed by atoms with Crippen LogP contribution in [-0.4, -0.2) is 60.2 Å².